The van der Waals surface area contributed by atoms with Gasteiger partial charge in [-0.05, 0) is 48.3 Å². The van der Waals surface area contributed by atoms with Gasteiger partial charge in [0.2, 0.25) is 41.4 Å². The van der Waals surface area contributed by atoms with E-state index in [9.17, 15) is 33.6 Å². The maximum atomic E-state index is 13.8. The van der Waals surface area contributed by atoms with Crippen molar-refractivity contribution in [3.8, 4) is 0 Å². The van der Waals surface area contributed by atoms with E-state index in [-0.39, 0.29) is 37.5 Å². The Morgan fingerprint density at radius 2 is 1.37 bits per heavy atom. The topological polar surface area (TPSA) is 218 Å². The van der Waals surface area contributed by atoms with Gasteiger partial charge in [0.05, 0.1) is 0 Å². The van der Waals surface area contributed by atoms with Gasteiger partial charge in [-0.25, -0.2) is 0 Å². The highest BCUT2D eigenvalue weighted by molar-refractivity contribution is 7.98. The molecule has 1 aliphatic rings. The monoisotopic (exact) mass is 723 g/mol. The molecule has 276 valence electrons. The summed E-state index contributed by atoms with van der Waals surface area (Å²) in [7, 11) is 0. The Hall–Kier alpha value is -4.92. The van der Waals surface area contributed by atoms with Crippen molar-refractivity contribution in [3.63, 3.8) is 0 Å². The molecule has 0 radical (unpaired) electrons. The summed E-state index contributed by atoms with van der Waals surface area (Å²) in [4.78, 5) is 89.9. The summed E-state index contributed by atoms with van der Waals surface area (Å²) in [6.45, 7) is 3.74. The van der Waals surface area contributed by atoms with Gasteiger partial charge in [-0.3, -0.25) is 33.6 Å². The molecule has 15 heteroatoms. The number of carbonyl (C=O) groups excluding carboxylic acids is 7. The number of amides is 7. The molecule has 51 heavy (non-hydrogen) atoms. The summed E-state index contributed by atoms with van der Waals surface area (Å²) in [6.07, 6.45) is 1.62. The van der Waals surface area contributed by atoms with E-state index < -0.39 is 72.2 Å². The Morgan fingerprint density at radius 1 is 0.784 bits per heavy atom. The van der Waals surface area contributed by atoms with Crippen molar-refractivity contribution in [2.75, 3.05) is 12.0 Å². The van der Waals surface area contributed by atoms with Crippen LogP contribution in [-0.2, 0) is 46.4 Å². The van der Waals surface area contributed by atoms with Crippen LogP contribution in [0.3, 0.4) is 0 Å². The van der Waals surface area contributed by atoms with E-state index in [1.165, 1.54) is 11.8 Å². The molecule has 0 bridgehead atoms. The summed E-state index contributed by atoms with van der Waals surface area (Å²) in [5.74, 6) is -3.46. The Morgan fingerprint density at radius 3 is 1.92 bits per heavy atom. The van der Waals surface area contributed by atoms with Crippen LogP contribution in [0.5, 0.6) is 0 Å². The summed E-state index contributed by atoms with van der Waals surface area (Å²) in [5, 5.41) is 16.1. The largest absolute Gasteiger partial charge is 0.368 e. The van der Waals surface area contributed by atoms with Gasteiger partial charge in [-0.1, -0.05) is 74.5 Å². The van der Waals surface area contributed by atoms with Crippen molar-refractivity contribution in [1.82, 2.24) is 31.9 Å². The Bertz CT molecular complexity index is 1510. The molecule has 0 aliphatic carbocycles. The van der Waals surface area contributed by atoms with E-state index in [0.29, 0.717) is 18.6 Å². The molecular weight excluding hydrogens is 675 g/mol. The predicted octanol–water partition coefficient (Wildman–Crippen LogP) is 0.438. The molecule has 1 fully saturated rings. The van der Waals surface area contributed by atoms with Gasteiger partial charge in [0.1, 0.15) is 36.8 Å². The molecule has 0 aromatic heterocycles. The van der Waals surface area contributed by atoms with Gasteiger partial charge in [-0.15, -0.1) is 0 Å². The van der Waals surface area contributed by atoms with Gasteiger partial charge in [0, 0.05) is 19.3 Å². The molecule has 8 N–H and O–H groups in total. The van der Waals surface area contributed by atoms with Crippen LogP contribution >= 0.6 is 11.8 Å². The average Bonchev–Trinajstić information content (AvgIpc) is 3.52. The Labute approximate surface area is 302 Å². The van der Waals surface area contributed by atoms with E-state index in [2.05, 4.69) is 31.9 Å². The van der Waals surface area contributed by atoms with Crippen molar-refractivity contribution < 1.29 is 33.6 Å². The molecule has 7 amide bonds. The SMILES string of the molecule is CSCC[C@H](NC(=O)[C@H](CC(C)C)NC(=O)CC(=O)N[C@H](Cc1ccccc1)NC(=O)[C@H](Cc1ccccc1)NC(=O)[C@@H]1CCC(=O)N1)C(N)=O. The van der Waals surface area contributed by atoms with Crippen LogP contribution in [0.15, 0.2) is 60.7 Å². The van der Waals surface area contributed by atoms with E-state index >= 15 is 0 Å². The lowest BCUT2D eigenvalue weighted by Crippen LogP contribution is -2.58. The van der Waals surface area contributed by atoms with Crippen LogP contribution in [0, 0.1) is 5.92 Å². The molecule has 2 aromatic carbocycles. The fourth-order valence-electron chi connectivity index (χ4n) is 5.54. The first-order valence-electron chi connectivity index (χ1n) is 17.0. The molecule has 5 atom stereocenters. The summed E-state index contributed by atoms with van der Waals surface area (Å²) in [6, 6.07) is 14.4. The second-order valence-corrected chi connectivity index (χ2v) is 13.9. The minimum absolute atomic E-state index is 0.00664. The second-order valence-electron chi connectivity index (χ2n) is 12.9. The molecule has 2 aromatic rings. The molecule has 0 spiro atoms. The van der Waals surface area contributed by atoms with Crippen LogP contribution in [0.25, 0.3) is 0 Å². The van der Waals surface area contributed by atoms with Gasteiger partial charge in [0.15, 0.2) is 0 Å². The molecule has 14 nitrogen and oxygen atoms in total. The second kappa shape index (κ2) is 20.7. The van der Waals surface area contributed by atoms with Crippen molar-refractivity contribution in [2.45, 2.75) is 89.1 Å². The van der Waals surface area contributed by atoms with Crippen molar-refractivity contribution in [2.24, 2.45) is 11.7 Å². The summed E-state index contributed by atoms with van der Waals surface area (Å²) >= 11 is 1.50. The first-order valence-corrected chi connectivity index (χ1v) is 18.4. The van der Waals surface area contributed by atoms with Crippen molar-refractivity contribution >= 4 is 53.1 Å². The third-order valence-electron chi connectivity index (χ3n) is 8.11. The third kappa shape index (κ3) is 14.5. The Balaban J connectivity index is 1.72. The number of hydrogen-bond donors (Lipinski definition) is 7. The highest BCUT2D eigenvalue weighted by Crippen LogP contribution is 2.11. The molecule has 1 saturated heterocycles. The van der Waals surface area contributed by atoms with Gasteiger partial charge in [-0.2, -0.15) is 11.8 Å². The number of nitrogens with one attached hydrogen (secondary N) is 6. The maximum Gasteiger partial charge on any atom is 0.244 e. The predicted molar refractivity (Wildman–Crippen MR) is 194 cm³/mol. The average molecular weight is 724 g/mol. The Kier molecular flexibility index (Phi) is 16.4. The third-order valence-corrected chi connectivity index (χ3v) is 8.76. The highest BCUT2D eigenvalue weighted by Gasteiger charge is 2.32. The van der Waals surface area contributed by atoms with E-state index in [1.54, 1.807) is 0 Å². The number of carbonyl (C=O) groups is 7. The molecule has 1 heterocycles. The molecule has 0 saturated carbocycles. The number of primary amides is 1. The first kappa shape index (κ1) is 40.5. The fraction of sp³-hybridized carbons (Fsp3) is 0.472. The summed E-state index contributed by atoms with van der Waals surface area (Å²) in [5.41, 5.74) is 7.04. The highest BCUT2D eigenvalue weighted by atomic mass is 32.2. The number of thioether (sulfide) groups is 1. The molecular formula is C36H49N7O7S. The van der Waals surface area contributed by atoms with Crippen LogP contribution in [0.1, 0.15) is 57.1 Å². The van der Waals surface area contributed by atoms with Crippen LogP contribution in [-0.4, -0.2) is 83.7 Å². The standard InChI is InChI=1S/C36H49N7O7S/c1-22(2)18-27(35(49)40-25(33(37)47)16-17-51-3)39-31(45)21-32(46)42-29(20-24-12-8-5-9-13-24)43-36(50)28(19-23-10-6-4-7-11-23)41-34(48)26-14-15-30(44)38-26/h4-13,22,25-29H,14-21H2,1-3H3,(H2,37,47)(H,38,44)(H,39,45)(H,40,49)(H,41,48)(H,42,46)(H,43,50)/t25-,26-,27-,28-,29-/m0/s1. The summed E-state index contributed by atoms with van der Waals surface area (Å²) < 4.78 is 0. The minimum atomic E-state index is -1.05. The van der Waals surface area contributed by atoms with E-state index in [0.717, 1.165) is 11.1 Å². The lowest BCUT2D eigenvalue weighted by atomic mass is 10.0. The zero-order valence-electron chi connectivity index (χ0n) is 29.2. The number of hydrogen-bond acceptors (Lipinski definition) is 8. The van der Waals surface area contributed by atoms with Crippen LogP contribution in [0.4, 0.5) is 0 Å². The lowest BCUT2D eigenvalue weighted by Gasteiger charge is -2.26. The molecule has 3 rings (SSSR count). The van der Waals surface area contributed by atoms with Crippen LogP contribution < -0.4 is 37.6 Å². The zero-order chi connectivity index (χ0) is 37.3. The maximum absolute atomic E-state index is 13.8. The van der Waals surface area contributed by atoms with Gasteiger partial charge >= 0.3 is 0 Å². The number of benzene rings is 2. The molecule has 1 aliphatic heterocycles. The van der Waals surface area contributed by atoms with Gasteiger partial charge < -0.3 is 37.6 Å². The number of nitrogens with two attached hydrogens (primary N) is 1. The zero-order valence-corrected chi connectivity index (χ0v) is 30.1. The van der Waals surface area contributed by atoms with Gasteiger partial charge in [0.25, 0.3) is 0 Å². The first-order chi connectivity index (χ1) is 24.3. The fourth-order valence-corrected chi connectivity index (χ4v) is 6.01. The smallest absolute Gasteiger partial charge is 0.244 e. The number of rotatable bonds is 20. The van der Waals surface area contributed by atoms with Crippen molar-refractivity contribution in [3.05, 3.63) is 71.8 Å². The molecule has 0 unspecified atom stereocenters. The minimum Gasteiger partial charge on any atom is -0.368 e. The normalized spacial score (nSPS) is 16.2. The van der Waals surface area contributed by atoms with E-state index in [1.807, 2.05) is 80.8 Å². The van der Waals surface area contributed by atoms with Crippen LogP contribution in [0.2, 0.25) is 0 Å². The quantitative estimate of drug-likeness (QED) is 0.0750. The van der Waals surface area contributed by atoms with Crippen molar-refractivity contribution in [1.29, 1.82) is 0 Å². The van der Waals surface area contributed by atoms with E-state index in [4.69, 9.17) is 5.73 Å². The lowest BCUT2D eigenvalue weighted by molar-refractivity contribution is -0.134.